The average Bonchev–Trinajstić information content (AvgIpc) is 2.65. The molecular weight excluding hydrogens is 140 g/mol. The molecule has 2 nitrogen and oxygen atoms in total. The van der Waals surface area contributed by atoms with Gasteiger partial charge in [0.05, 0.1) is 6.10 Å². The van der Waals surface area contributed by atoms with E-state index in [-0.39, 0.29) is 23.2 Å². The van der Waals surface area contributed by atoms with Gasteiger partial charge in [0.15, 0.2) is 0 Å². The molecular formula is C9H16O2. The van der Waals surface area contributed by atoms with Crippen LogP contribution in [0.5, 0.6) is 0 Å². The molecule has 1 N–H and O–H groups in total. The Morgan fingerprint density at radius 1 is 1.45 bits per heavy atom. The Bertz CT molecular complexity index is 168. The van der Waals surface area contributed by atoms with E-state index in [4.69, 9.17) is 0 Å². The van der Waals surface area contributed by atoms with Gasteiger partial charge < -0.3 is 5.11 Å². The predicted octanol–water partition coefficient (Wildman–Crippen LogP) is 1.37. The van der Waals surface area contributed by atoms with E-state index in [1.54, 1.807) is 13.8 Å². The second-order valence-corrected chi connectivity index (χ2v) is 3.74. The number of carbonyl (C=O) groups is 1. The molecule has 0 aromatic carbocycles. The van der Waals surface area contributed by atoms with Crippen LogP contribution in [0.3, 0.4) is 0 Å². The van der Waals surface area contributed by atoms with Gasteiger partial charge in [0.2, 0.25) is 0 Å². The summed E-state index contributed by atoms with van der Waals surface area (Å²) in [4.78, 5) is 11.2. The van der Waals surface area contributed by atoms with E-state index in [0.717, 1.165) is 12.8 Å². The minimum Gasteiger partial charge on any atom is -0.393 e. The van der Waals surface area contributed by atoms with Crippen LogP contribution < -0.4 is 0 Å². The number of rotatable bonds is 3. The molecule has 1 aliphatic carbocycles. The molecule has 1 rings (SSSR count). The first-order valence-corrected chi connectivity index (χ1v) is 4.20. The van der Waals surface area contributed by atoms with Crippen molar-refractivity contribution < 1.29 is 9.90 Å². The summed E-state index contributed by atoms with van der Waals surface area (Å²) in [5.41, 5.74) is -0.159. The van der Waals surface area contributed by atoms with Crippen LogP contribution in [-0.4, -0.2) is 17.0 Å². The summed E-state index contributed by atoms with van der Waals surface area (Å²) in [6, 6.07) is 0. The summed E-state index contributed by atoms with van der Waals surface area (Å²) in [6.45, 7) is 5.35. The fraction of sp³-hybridized carbons (Fsp3) is 0.889. The molecule has 0 aromatic heterocycles. The molecule has 0 aromatic rings. The second-order valence-electron chi connectivity index (χ2n) is 3.74. The molecule has 2 heteroatoms. The van der Waals surface area contributed by atoms with Crippen LogP contribution in [0.4, 0.5) is 0 Å². The van der Waals surface area contributed by atoms with Gasteiger partial charge in [0, 0.05) is 5.41 Å². The molecule has 1 aliphatic rings. The van der Waals surface area contributed by atoms with Crippen LogP contribution in [0.1, 0.15) is 33.6 Å². The van der Waals surface area contributed by atoms with Crippen molar-refractivity contribution in [2.24, 2.45) is 11.3 Å². The van der Waals surface area contributed by atoms with E-state index in [2.05, 4.69) is 0 Å². The van der Waals surface area contributed by atoms with Crippen molar-refractivity contribution in [2.45, 2.75) is 39.7 Å². The summed E-state index contributed by atoms with van der Waals surface area (Å²) in [5, 5.41) is 9.29. The standard InChI is InChI=1S/C9H16O2/c1-6(7(2)10)9(4-5-9)8(3)11/h6-7,10H,4-5H2,1-3H3. The number of Topliss-reactive ketones (excluding diaryl/α,β-unsaturated/α-hetero) is 1. The smallest absolute Gasteiger partial charge is 0.136 e. The molecule has 0 saturated heterocycles. The molecule has 1 saturated carbocycles. The van der Waals surface area contributed by atoms with E-state index in [1.807, 2.05) is 6.92 Å². The van der Waals surface area contributed by atoms with Crippen LogP contribution in [0.15, 0.2) is 0 Å². The Morgan fingerprint density at radius 2 is 1.91 bits per heavy atom. The lowest BCUT2D eigenvalue weighted by Crippen LogP contribution is -2.29. The number of carbonyl (C=O) groups excluding carboxylic acids is 1. The molecule has 2 atom stereocenters. The third-order valence-electron chi connectivity index (χ3n) is 3.09. The van der Waals surface area contributed by atoms with E-state index >= 15 is 0 Å². The molecule has 0 aliphatic heterocycles. The van der Waals surface area contributed by atoms with Gasteiger partial charge in [-0.25, -0.2) is 0 Å². The van der Waals surface area contributed by atoms with Crippen LogP contribution in [0.2, 0.25) is 0 Å². The van der Waals surface area contributed by atoms with E-state index < -0.39 is 0 Å². The lowest BCUT2D eigenvalue weighted by atomic mass is 9.84. The highest BCUT2D eigenvalue weighted by Gasteiger charge is 2.52. The highest BCUT2D eigenvalue weighted by Crippen LogP contribution is 2.53. The van der Waals surface area contributed by atoms with Crippen molar-refractivity contribution in [2.75, 3.05) is 0 Å². The first kappa shape index (κ1) is 8.72. The zero-order valence-corrected chi connectivity index (χ0v) is 7.42. The zero-order valence-electron chi connectivity index (χ0n) is 7.42. The summed E-state index contributed by atoms with van der Waals surface area (Å²) in [7, 11) is 0. The molecule has 64 valence electrons. The molecule has 0 spiro atoms. The van der Waals surface area contributed by atoms with Gasteiger partial charge in [0.1, 0.15) is 5.78 Å². The van der Waals surface area contributed by atoms with E-state index in [0.29, 0.717) is 0 Å². The monoisotopic (exact) mass is 156 g/mol. The fourth-order valence-electron chi connectivity index (χ4n) is 1.72. The summed E-state index contributed by atoms with van der Waals surface area (Å²) >= 11 is 0. The molecule has 11 heavy (non-hydrogen) atoms. The Kier molecular flexibility index (Phi) is 2.06. The van der Waals surface area contributed by atoms with Crippen molar-refractivity contribution in [3.8, 4) is 0 Å². The SMILES string of the molecule is CC(=O)C1(C(C)C(C)O)CC1. The Morgan fingerprint density at radius 3 is 2.00 bits per heavy atom. The van der Waals surface area contributed by atoms with Crippen molar-refractivity contribution in [1.29, 1.82) is 0 Å². The zero-order chi connectivity index (χ0) is 8.65. The fourth-order valence-corrected chi connectivity index (χ4v) is 1.72. The second kappa shape index (κ2) is 2.59. The van der Waals surface area contributed by atoms with Crippen molar-refractivity contribution in [3.05, 3.63) is 0 Å². The van der Waals surface area contributed by atoms with Crippen molar-refractivity contribution in [3.63, 3.8) is 0 Å². The Hall–Kier alpha value is -0.370. The van der Waals surface area contributed by atoms with Gasteiger partial charge in [-0.05, 0) is 32.6 Å². The minimum atomic E-state index is -0.360. The Labute approximate surface area is 67.6 Å². The third kappa shape index (κ3) is 1.32. The maximum absolute atomic E-state index is 11.2. The Balaban J connectivity index is 2.65. The first-order chi connectivity index (χ1) is 5.00. The molecule has 0 heterocycles. The molecule has 1 fully saturated rings. The lowest BCUT2D eigenvalue weighted by Gasteiger charge is -2.22. The predicted molar refractivity (Wildman–Crippen MR) is 43.2 cm³/mol. The largest absolute Gasteiger partial charge is 0.393 e. The number of aliphatic hydroxyl groups is 1. The van der Waals surface area contributed by atoms with Crippen molar-refractivity contribution >= 4 is 5.78 Å². The lowest BCUT2D eigenvalue weighted by molar-refractivity contribution is -0.125. The van der Waals surface area contributed by atoms with E-state index in [9.17, 15) is 9.90 Å². The van der Waals surface area contributed by atoms with Gasteiger partial charge >= 0.3 is 0 Å². The normalized spacial score (nSPS) is 25.8. The minimum absolute atomic E-state index is 0.125. The van der Waals surface area contributed by atoms with E-state index in [1.165, 1.54) is 0 Å². The van der Waals surface area contributed by atoms with Gasteiger partial charge in [0.25, 0.3) is 0 Å². The highest BCUT2D eigenvalue weighted by atomic mass is 16.3. The van der Waals surface area contributed by atoms with Crippen LogP contribution in [-0.2, 0) is 4.79 Å². The summed E-state index contributed by atoms with van der Waals surface area (Å²) < 4.78 is 0. The summed E-state index contributed by atoms with van der Waals surface area (Å²) in [6.07, 6.45) is 1.57. The van der Waals surface area contributed by atoms with Gasteiger partial charge in [-0.3, -0.25) is 4.79 Å². The highest BCUT2D eigenvalue weighted by molar-refractivity contribution is 5.85. The van der Waals surface area contributed by atoms with Crippen molar-refractivity contribution in [1.82, 2.24) is 0 Å². The molecule has 0 amide bonds. The maximum atomic E-state index is 11.2. The van der Waals surface area contributed by atoms with Crippen LogP contribution in [0, 0.1) is 11.3 Å². The number of hydrogen-bond acceptors (Lipinski definition) is 2. The quantitative estimate of drug-likeness (QED) is 0.670. The molecule has 0 bridgehead atoms. The van der Waals surface area contributed by atoms with Gasteiger partial charge in [-0.1, -0.05) is 6.92 Å². The number of hydrogen-bond donors (Lipinski definition) is 1. The third-order valence-corrected chi connectivity index (χ3v) is 3.09. The number of ketones is 1. The topological polar surface area (TPSA) is 37.3 Å². The maximum Gasteiger partial charge on any atom is 0.136 e. The number of aliphatic hydroxyl groups excluding tert-OH is 1. The van der Waals surface area contributed by atoms with Gasteiger partial charge in [-0.15, -0.1) is 0 Å². The van der Waals surface area contributed by atoms with Gasteiger partial charge in [-0.2, -0.15) is 0 Å². The first-order valence-electron chi connectivity index (χ1n) is 4.20. The van der Waals surface area contributed by atoms with Crippen LogP contribution >= 0.6 is 0 Å². The summed E-state index contributed by atoms with van der Waals surface area (Å²) in [5.74, 6) is 0.367. The molecule has 0 radical (unpaired) electrons. The average molecular weight is 156 g/mol. The van der Waals surface area contributed by atoms with Crippen LogP contribution in [0.25, 0.3) is 0 Å². The molecule has 2 unspecified atom stereocenters.